The van der Waals surface area contributed by atoms with Crippen molar-refractivity contribution in [1.82, 2.24) is 0 Å². The molecule has 0 heterocycles. The molecule has 0 rings (SSSR count). The van der Waals surface area contributed by atoms with E-state index in [1.54, 1.807) is 0 Å². The van der Waals surface area contributed by atoms with Gasteiger partial charge >= 0.3 is 17.9 Å². The second kappa shape index (κ2) is 65.7. The van der Waals surface area contributed by atoms with Crippen molar-refractivity contribution >= 4 is 17.9 Å². The lowest BCUT2D eigenvalue weighted by molar-refractivity contribution is -0.167. The lowest BCUT2D eigenvalue weighted by Gasteiger charge is -2.18. The Morgan fingerprint density at radius 2 is 0.434 bits per heavy atom. The summed E-state index contributed by atoms with van der Waals surface area (Å²) in [7, 11) is 0. The van der Waals surface area contributed by atoms with Gasteiger partial charge in [0.05, 0.1) is 0 Å². The minimum Gasteiger partial charge on any atom is -0.462 e. The molecule has 0 aliphatic heterocycles. The van der Waals surface area contributed by atoms with Gasteiger partial charge in [-0.15, -0.1) is 0 Å². The highest BCUT2D eigenvalue weighted by molar-refractivity contribution is 5.71. The van der Waals surface area contributed by atoms with Crippen LogP contribution >= 0.6 is 0 Å². The third-order valence-electron chi connectivity index (χ3n) is 16.0. The molecule has 0 aromatic carbocycles. The minimum atomic E-state index is -0.769. The molecule has 0 fully saturated rings. The maximum absolute atomic E-state index is 12.9. The third kappa shape index (κ3) is 63.0. The summed E-state index contributed by atoms with van der Waals surface area (Å²) in [4.78, 5) is 38.4. The zero-order chi connectivity index (χ0) is 55.0. The van der Waals surface area contributed by atoms with Gasteiger partial charge in [0.1, 0.15) is 13.2 Å². The van der Waals surface area contributed by atoms with Crippen LogP contribution in [0.4, 0.5) is 0 Å². The summed E-state index contributed by atoms with van der Waals surface area (Å²) < 4.78 is 17.0. The molecule has 0 aliphatic rings. The summed E-state index contributed by atoms with van der Waals surface area (Å²) >= 11 is 0. The summed E-state index contributed by atoms with van der Waals surface area (Å²) in [6.45, 7) is 6.72. The Morgan fingerprint density at radius 1 is 0.250 bits per heavy atom. The van der Waals surface area contributed by atoms with Crippen molar-refractivity contribution in [2.75, 3.05) is 13.2 Å². The zero-order valence-electron chi connectivity index (χ0n) is 51.8. The van der Waals surface area contributed by atoms with E-state index in [1.807, 2.05) is 0 Å². The van der Waals surface area contributed by atoms with E-state index in [-0.39, 0.29) is 31.1 Å². The predicted molar refractivity (Wildman–Crippen MR) is 330 cm³/mol. The molecule has 0 aliphatic carbocycles. The highest BCUT2D eigenvalue weighted by atomic mass is 16.6. The number of allylic oxidation sites excluding steroid dienone is 2. The van der Waals surface area contributed by atoms with E-state index in [0.717, 1.165) is 64.2 Å². The van der Waals surface area contributed by atoms with E-state index in [1.165, 1.54) is 295 Å². The van der Waals surface area contributed by atoms with Crippen LogP contribution in [0.1, 0.15) is 400 Å². The molecule has 1 unspecified atom stereocenters. The molecule has 0 N–H and O–H groups in total. The molecule has 0 spiro atoms. The Bertz CT molecular complexity index is 1180. The van der Waals surface area contributed by atoms with Gasteiger partial charge in [0.15, 0.2) is 6.10 Å². The summed E-state index contributed by atoms with van der Waals surface area (Å²) in [5, 5.41) is 0. The molecule has 0 aromatic rings. The Labute approximate surface area is 475 Å². The summed E-state index contributed by atoms with van der Waals surface area (Å²) in [5.41, 5.74) is 0. The van der Waals surface area contributed by atoms with Gasteiger partial charge in [-0.25, -0.2) is 0 Å². The Morgan fingerprint density at radius 3 is 0.658 bits per heavy atom. The molecule has 0 saturated heterocycles. The average molecular weight is 1070 g/mol. The van der Waals surface area contributed by atoms with Gasteiger partial charge < -0.3 is 14.2 Å². The number of esters is 3. The van der Waals surface area contributed by atoms with Crippen LogP contribution in [0.3, 0.4) is 0 Å². The van der Waals surface area contributed by atoms with Crippen LogP contribution in [0.5, 0.6) is 0 Å². The first-order valence-corrected chi connectivity index (χ1v) is 34.7. The fraction of sp³-hybridized carbons (Fsp3) is 0.929. The number of carbonyl (C=O) groups is 3. The van der Waals surface area contributed by atoms with Crippen LogP contribution in [-0.4, -0.2) is 37.2 Å². The molecular weight excluding hydrogens is 937 g/mol. The van der Waals surface area contributed by atoms with E-state index in [2.05, 4.69) is 32.9 Å². The number of ether oxygens (including phenoxy) is 3. The van der Waals surface area contributed by atoms with E-state index >= 15 is 0 Å². The molecule has 0 amide bonds. The molecule has 450 valence electrons. The smallest absolute Gasteiger partial charge is 0.306 e. The van der Waals surface area contributed by atoms with Gasteiger partial charge in [-0.05, 0) is 44.9 Å². The van der Waals surface area contributed by atoms with Crippen molar-refractivity contribution in [3.8, 4) is 0 Å². The molecule has 6 nitrogen and oxygen atoms in total. The Kier molecular flexibility index (Phi) is 64.1. The van der Waals surface area contributed by atoms with Crippen LogP contribution in [0.15, 0.2) is 12.2 Å². The van der Waals surface area contributed by atoms with Crippen molar-refractivity contribution in [3.05, 3.63) is 12.2 Å². The van der Waals surface area contributed by atoms with Crippen LogP contribution in [0.25, 0.3) is 0 Å². The van der Waals surface area contributed by atoms with Crippen molar-refractivity contribution in [1.29, 1.82) is 0 Å². The van der Waals surface area contributed by atoms with Gasteiger partial charge in [0.2, 0.25) is 0 Å². The molecule has 0 radical (unpaired) electrons. The Balaban J connectivity index is 4.26. The SMILES string of the molecule is CCCCCCCC/C=C\CCCCCCCC(=O)OCC(COC(=O)CCCCCCCCCCCCCCCCCCCCCCCC)OC(=O)CCCCCCCCCCCCCCCCCCCCCCC. The van der Waals surface area contributed by atoms with Crippen LogP contribution < -0.4 is 0 Å². The van der Waals surface area contributed by atoms with Crippen molar-refractivity contribution in [2.24, 2.45) is 0 Å². The largest absolute Gasteiger partial charge is 0.462 e. The molecule has 0 aromatic heterocycles. The van der Waals surface area contributed by atoms with Crippen molar-refractivity contribution in [3.63, 3.8) is 0 Å². The number of rotatable bonds is 65. The van der Waals surface area contributed by atoms with E-state index in [9.17, 15) is 14.4 Å². The normalized spacial score (nSPS) is 12.0. The number of hydrogen-bond acceptors (Lipinski definition) is 6. The van der Waals surface area contributed by atoms with Gasteiger partial charge in [-0.3, -0.25) is 14.4 Å². The van der Waals surface area contributed by atoms with Crippen molar-refractivity contribution < 1.29 is 28.6 Å². The molecule has 6 heteroatoms. The van der Waals surface area contributed by atoms with E-state index in [4.69, 9.17) is 14.2 Å². The molecule has 0 bridgehead atoms. The fourth-order valence-corrected chi connectivity index (χ4v) is 10.8. The maximum Gasteiger partial charge on any atom is 0.306 e. The first kappa shape index (κ1) is 74.2. The summed E-state index contributed by atoms with van der Waals surface area (Å²) in [6, 6.07) is 0. The molecular formula is C70H134O6. The van der Waals surface area contributed by atoms with Gasteiger partial charge in [0, 0.05) is 19.3 Å². The predicted octanol–water partition coefficient (Wildman–Crippen LogP) is 23.6. The maximum atomic E-state index is 12.9. The Hall–Kier alpha value is -1.85. The lowest BCUT2D eigenvalue weighted by Crippen LogP contribution is -2.30. The number of unbranched alkanes of at least 4 members (excludes halogenated alkanes) is 52. The highest BCUT2D eigenvalue weighted by Crippen LogP contribution is 2.19. The van der Waals surface area contributed by atoms with Crippen LogP contribution in [0, 0.1) is 0 Å². The molecule has 1 atom stereocenters. The van der Waals surface area contributed by atoms with E-state index < -0.39 is 6.10 Å². The van der Waals surface area contributed by atoms with Gasteiger partial charge in [-0.2, -0.15) is 0 Å². The zero-order valence-corrected chi connectivity index (χ0v) is 51.8. The fourth-order valence-electron chi connectivity index (χ4n) is 10.8. The van der Waals surface area contributed by atoms with Crippen LogP contribution in [-0.2, 0) is 28.6 Å². The quantitative estimate of drug-likeness (QED) is 0.0261. The number of carbonyl (C=O) groups excluding carboxylic acids is 3. The molecule has 0 saturated carbocycles. The second-order valence-electron chi connectivity index (χ2n) is 23.8. The minimum absolute atomic E-state index is 0.0656. The van der Waals surface area contributed by atoms with E-state index in [0.29, 0.717) is 19.3 Å². The highest BCUT2D eigenvalue weighted by Gasteiger charge is 2.19. The first-order chi connectivity index (χ1) is 37.5. The monoisotopic (exact) mass is 1070 g/mol. The van der Waals surface area contributed by atoms with Gasteiger partial charge in [0.25, 0.3) is 0 Å². The molecule has 76 heavy (non-hydrogen) atoms. The summed E-state index contributed by atoms with van der Waals surface area (Å²) in [5.74, 6) is -0.839. The average Bonchev–Trinajstić information content (AvgIpc) is 3.42. The third-order valence-corrected chi connectivity index (χ3v) is 16.0. The second-order valence-corrected chi connectivity index (χ2v) is 23.8. The van der Waals surface area contributed by atoms with Crippen molar-refractivity contribution in [2.45, 2.75) is 406 Å². The summed E-state index contributed by atoms with van der Waals surface area (Å²) in [6.07, 6.45) is 78.1. The first-order valence-electron chi connectivity index (χ1n) is 34.7. The topological polar surface area (TPSA) is 78.9 Å². The standard InChI is InChI=1S/C70H134O6/c1-4-7-10-13-16-19-22-25-28-30-32-34-36-37-39-42-45-48-51-54-57-60-63-69(72)75-66-67(65-74-68(71)62-59-56-53-50-47-44-41-27-24-21-18-15-12-9-6-3)76-70(73)64-61-58-55-52-49-46-43-40-38-35-33-31-29-26-23-20-17-14-11-8-5-2/h27,41,67H,4-26,28-40,42-66H2,1-3H3/b41-27-. The lowest BCUT2D eigenvalue weighted by atomic mass is 10.0. The number of hydrogen-bond donors (Lipinski definition) is 0. The van der Waals surface area contributed by atoms with Gasteiger partial charge in [-0.1, -0.05) is 348 Å². The van der Waals surface area contributed by atoms with Crippen LogP contribution in [0.2, 0.25) is 0 Å².